The van der Waals surface area contributed by atoms with Crippen molar-refractivity contribution in [3.8, 4) is 5.75 Å². The second kappa shape index (κ2) is 8.54. The van der Waals surface area contributed by atoms with E-state index in [1.54, 1.807) is 12.0 Å². The number of ether oxygens (including phenoxy) is 1. The highest BCUT2D eigenvalue weighted by Gasteiger charge is 2.36. The molecule has 3 atom stereocenters. The van der Waals surface area contributed by atoms with E-state index < -0.39 is 0 Å². The second-order valence-corrected chi connectivity index (χ2v) is 6.65. The largest absolute Gasteiger partial charge is 0.497 e. The predicted molar refractivity (Wildman–Crippen MR) is 99.0 cm³/mol. The zero-order valence-corrected chi connectivity index (χ0v) is 15.3. The van der Waals surface area contributed by atoms with Crippen molar-refractivity contribution >= 4 is 29.9 Å². The number of nitrogens with zero attached hydrogens (tertiary/aromatic N) is 1. The summed E-state index contributed by atoms with van der Waals surface area (Å²) in [7, 11) is 1.60. The van der Waals surface area contributed by atoms with E-state index in [4.69, 9.17) is 10.5 Å². The van der Waals surface area contributed by atoms with E-state index in [9.17, 15) is 9.59 Å². The molecule has 1 aliphatic heterocycles. The number of carbonyl (C=O) groups excluding carboxylic acids is 2. The van der Waals surface area contributed by atoms with E-state index in [2.05, 4.69) is 5.32 Å². The molecule has 1 aliphatic carbocycles. The number of halogens is 1. The van der Waals surface area contributed by atoms with Crippen LogP contribution in [0.25, 0.3) is 0 Å². The molecule has 1 unspecified atom stereocenters. The van der Waals surface area contributed by atoms with Gasteiger partial charge in [-0.3, -0.25) is 9.59 Å². The molecule has 1 aromatic carbocycles. The summed E-state index contributed by atoms with van der Waals surface area (Å²) in [4.78, 5) is 26.5. The molecule has 2 aliphatic rings. The number of anilines is 1. The molecule has 138 valence electrons. The van der Waals surface area contributed by atoms with Crippen LogP contribution in [0.5, 0.6) is 5.75 Å². The van der Waals surface area contributed by atoms with Gasteiger partial charge in [-0.15, -0.1) is 12.4 Å². The molecular weight excluding hydrogens is 342 g/mol. The summed E-state index contributed by atoms with van der Waals surface area (Å²) < 4.78 is 5.21. The standard InChI is InChI=1S/C18H25N3O3.ClH/c1-24-15-6-3-5-14(9-15)21-11-13(8-17(21)22)20-18(23)16-7-2-4-12(16)10-19;/h3,5-6,9,12-13,16H,2,4,7-8,10-11,19H2,1H3,(H,20,23);1H/t12-,13?,16-;/m1./s1. The van der Waals surface area contributed by atoms with Gasteiger partial charge in [0.05, 0.1) is 13.2 Å². The van der Waals surface area contributed by atoms with Crippen molar-refractivity contribution in [1.29, 1.82) is 0 Å². The van der Waals surface area contributed by atoms with Gasteiger partial charge >= 0.3 is 0 Å². The SMILES string of the molecule is COc1cccc(N2CC(NC(=O)[C@@H]3CCC[C@@H]3CN)CC2=O)c1.Cl. The maximum atomic E-state index is 12.5. The Kier molecular flexibility index (Phi) is 6.67. The average Bonchev–Trinajstić information content (AvgIpc) is 3.21. The lowest BCUT2D eigenvalue weighted by Gasteiger charge is -2.21. The first-order valence-electron chi connectivity index (χ1n) is 8.57. The first-order valence-corrected chi connectivity index (χ1v) is 8.57. The van der Waals surface area contributed by atoms with Crippen LogP contribution in [0.15, 0.2) is 24.3 Å². The fraction of sp³-hybridized carbons (Fsp3) is 0.556. The number of hydrogen-bond acceptors (Lipinski definition) is 4. The van der Waals surface area contributed by atoms with Crippen molar-refractivity contribution in [2.45, 2.75) is 31.7 Å². The molecule has 7 heteroatoms. The Morgan fingerprint density at radius 2 is 2.20 bits per heavy atom. The van der Waals surface area contributed by atoms with Gasteiger partial charge in [0.25, 0.3) is 0 Å². The smallest absolute Gasteiger partial charge is 0.229 e. The Morgan fingerprint density at radius 1 is 1.40 bits per heavy atom. The Hall–Kier alpha value is -1.79. The number of nitrogens with two attached hydrogens (primary N) is 1. The third kappa shape index (κ3) is 4.25. The van der Waals surface area contributed by atoms with Crippen molar-refractivity contribution < 1.29 is 14.3 Å². The molecule has 0 aromatic heterocycles. The Bertz CT molecular complexity index is 625. The minimum Gasteiger partial charge on any atom is -0.497 e. The number of amides is 2. The van der Waals surface area contributed by atoms with Gasteiger partial charge in [-0.2, -0.15) is 0 Å². The van der Waals surface area contributed by atoms with Crippen molar-refractivity contribution in [3.63, 3.8) is 0 Å². The van der Waals surface area contributed by atoms with Gasteiger partial charge in [0, 0.05) is 30.6 Å². The van der Waals surface area contributed by atoms with Crippen LogP contribution in [-0.4, -0.2) is 38.1 Å². The van der Waals surface area contributed by atoms with Crippen LogP contribution >= 0.6 is 12.4 Å². The van der Waals surface area contributed by atoms with Crippen LogP contribution < -0.4 is 20.7 Å². The van der Waals surface area contributed by atoms with Crippen molar-refractivity contribution in [2.75, 3.05) is 25.1 Å². The summed E-state index contributed by atoms with van der Waals surface area (Å²) in [5.41, 5.74) is 6.57. The minimum atomic E-state index is -0.143. The molecule has 1 aromatic rings. The Morgan fingerprint density at radius 3 is 2.92 bits per heavy atom. The quantitative estimate of drug-likeness (QED) is 0.829. The molecule has 0 spiro atoms. The zero-order chi connectivity index (χ0) is 17.1. The molecule has 3 rings (SSSR count). The van der Waals surface area contributed by atoms with E-state index in [0.717, 1.165) is 24.9 Å². The monoisotopic (exact) mass is 367 g/mol. The molecule has 2 fully saturated rings. The third-order valence-electron chi connectivity index (χ3n) is 5.14. The molecule has 1 saturated heterocycles. The van der Waals surface area contributed by atoms with E-state index in [1.165, 1.54) is 0 Å². The van der Waals surface area contributed by atoms with Gasteiger partial charge in [0.1, 0.15) is 5.75 Å². The van der Waals surface area contributed by atoms with Gasteiger partial charge in [0.15, 0.2) is 0 Å². The number of carbonyl (C=O) groups is 2. The van der Waals surface area contributed by atoms with E-state index >= 15 is 0 Å². The zero-order valence-electron chi connectivity index (χ0n) is 14.4. The summed E-state index contributed by atoms with van der Waals surface area (Å²) in [5, 5.41) is 3.06. The number of nitrogens with one attached hydrogen (secondary N) is 1. The van der Waals surface area contributed by atoms with Crippen LogP contribution in [-0.2, 0) is 9.59 Å². The fourth-order valence-corrected chi connectivity index (χ4v) is 3.80. The summed E-state index contributed by atoms with van der Waals surface area (Å²) in [6, 6.07) is 7.28. The Balaban J connectivity index is 0.00000225. The van der Waals surface area contributed by atoms with Crippen LogP contribution in [0.4, 0.5) is 5.69 Å². The second-order valence-electron chi connectivity index (χ2n) is 6.65. The van der Waals surface area contributed by atoms with Crippen molar-refractivity contribution in [1.82, 2.24) is 5.32 Å². The Labute approximate surface area is 154 Å². The molecule has 1 heterocycles. The predicted octanol–water partition coefficient (Wildman–Crippen LogP) is 1.71. The molecule has 0 bridgehead atoms. The highest BCUT2D eigenvalue weighted by atomic mass is 35.5. The molecule has 3 N–H and O–H groups in total. The maximum absolute atomic E-state index is 12.5. The van der Waals surface area contributed by atoms with Crippen molar-refractivity contribution in [2.24, 2.45) is 17.6 Å². The van der Waals surface area contributed by atoms with Gasteiger partial charge < -0.3 is 20.7 Å². The summed E-state index contributed by atoms with van der Waals surface area (Å²) >= 11 is 0. The van der Waals surface area contributed by atoms with Gasteiger partial charge in [-0.25, -0.2) is 0 Å². The first kappa shape index (κ1) is 19.5. The van der Waals surface area contributed by atoms with Crippen LogP contribution in [0.3, 0.4) is 0 Å². The van der Waals surface area contributed by atoms with Crippen LogP contribution in [0.1, 0.15) is 25.7 Å². The molecule has 1 saturated carbocycles. The van der Waals surface area contributed by atoms with Gasteiger partial charge in [-0.1, -0.05) is 12.5 Å². The third-order valence-corrected chi connectivity index (χ3v) is 5.14. The maximum Gasteiger partial charge on any atom is 0.229 e. The average molecular weight is 368 g/mol. The molecule has 25 heavy (non-hydrogen) atoms. The summed E-state index contributed by atoms with van der Waals surface area (Å²) in [5.74, 6) is 1.06. The minimum absolute atomic E-state index is 0. The highest BCUT2D eigenvalue weighted by Crippen LogP contribution is 2.31. The van der Waals surface area contributed by atoms with Gasteiger partial charge in [-0.05, 0) is 37.4 Å². The first-order chi connectivity index (χ1) is 11.6. The number of hydrogen-bond donors (Lipinski definition) is 2. The normalized spacial score (nSPS) is 25.6. The summed E-state index contributed by atoms with van der Waals surface area (Å²) in [6.45, 7) is 1.05. The molecule has 6 nitrogen and oxygen atoms in total. The number of methoxy groups -OCH3 is 1. The number of benzene rings is 1. The highest BCUT2D eigenvalue weighted by molar-refractivity contribution is 5.97. The van der Waals surface area contributed by atoms with E-state index in [0.29, 0.717) is 25.3 Å². The fourth-order valence-electron chi connectivity index (χ4n) is 3.80. The lowest BCUT2D eigenvalue weighted by molar-refractivity contribution is -0.126. The van der Waals surface area contributed by atoms with Gasteiger partial charge in [0.2, 0.25) is 11.8 Å². The summed E-state index contributed by atoms with van der Waals surface area (Å²) in [6.07, 6.45) is 3.31. The molecule has 2 amide bonds. The van der Waals surface area contributed by atoms with E-state index in [1.807, 2.05) is 24.3 Å². The van der Waals surface area contributed by atoms with Crippen LogP contribution in [0.2, 0.25) is 0 Å². The lowest BCUT2D eigenvalue weighted by Crippen LogP contribution is -2.42. The number of rotatable bonds is 5. The van der Waals surface area contributed by atoms with E-state index in [-0.39, 0.29) is 42.1 Å². The van der Waals surface area contributed by atoms with Crippen molar-refractivity contribution in [3.05, 3.63) is 24.3 Å². The molecular formula is C18H26ClN3O3. The topological polar surface area (TPSA) is 84.7 Å². The molecule has 0 radical (unpaired) electrons. The van der Waals surface area contributed by atoms with Crippen LogP contribution in [0, 0.1) is 11.8 Å². The lowest BCUT2D eigenvalue weighted by atomic mass is 9.95.